The van der Waals surface area contributed by atoms with Crippen molar-refractivity contribution in [1.82, 2.24) is 10.9 Å². The summed E-state index contributed by atoms with van der Waals surface area (Å²) in [5, 5.41) is 0. The summed E-state index contributed by atoms with van der Waals surface area (Å²) < 4.78 is 0. The number of amides is 1. The summed E-state index contributed by atoms with van der Waals surface area (Å²) in [4.78, 5) is 10.8. The second-order valence-corrected chi connectivity index (χ2v) is 2.39. The van der Waals surface area contributed by atoms with Gasteiger partial charge in [-0.25, -0.2) is 5.43 Å². The third-order valence-corrected chi connectivity index (χ3v) is 1.88. The van der Waals surface area contributed by atoms with Crippen LogP contribution in [0.4, 0.5) is 0 Å². The Morgan fingerprint density at radius 1 is 1.33 bits per heavy atom. The first-order valence-corrected chi connectivity index (χ1v) is 3.12. The molecule has 0 fully saturated rings. The predicted octanol–water partition coefficient (Wildman–Crippen LogP) is -0.289. The summed E-state index contributed by atoms with van der Waals surface area (Å²) in [5.74, 6) is 0.0718. The van der Waals surface area contributed by atoms with Crippen molar-refractivity contribution in [2.75, 3.05) is 6.54 Å². The van der Waals surface area contributed by atoms with Gasteiger partial charge in [-0.3, -0.25) is 10.2 Å². The quantitative estimate of drug-likeness (QED) is 0.466. The molecule has 0 saturated carbocycles. The SMILES string of the molecule is O=C1NNCC2=C1CC2. The minimum Gasteiger partial charge on any atom is -0.287 e. The van der Waals surface area contributed by atoms with E-state index in [-0.39, 0.29) is 5.91 Å². The molecule has 0 aromatic rings. The van der Waals surface area contributed by atoms with Gasteiger partial charge in [0.25, 0.3) is 5.91 Å². The summed E-state index contributed by atoms with van der Waals surface area (Å²) in [6.45, 7) is 0.848. The molecule has 0 saturated heterocycles. The molecule has 1 aliphatic carbocycles. The van der Waals surface area contributed by atoms with Crippen molar-refractivity contribution in [3.05, 3.63) is 11.1 Å². The van der Waals surface area contributed by atoms with Gasteiger partial charge in [0.15, 0.2) is 0 Å². The van der Waals surface area contributed by atoms with E-state index < -0.39 is 0 Å². The Morgan fingerprint density at radius 3 is 2.67 bits per heavy atom. The summed E-state index contributed by atoms with van der Waals surface area (Å²) in [5.41, 5.74) is 7.67. The van der Waals surface area contributed by atoms with E-state index >= 15 is 0 Å². The average Bonchev–Trinajstić information content (AvgIpc) is 1.74. The molecule has 0 atom stereocenters. The van der Waals surface area contributed by atoms with Crippen LogP contribution in [0.1, 0.15) is 12.8 Å². The molecule has 1 heterocycles. The molecule has 2 aliphatic rings. The summed E-state index contributed by atoms with van der Waals surface area (Å²) in [6, 6.07) is 0. The first kappa shape index (κ1) is 4.99. The lowest BCUT2D eigenvalue weighted by Crippen LogP contribution is -2.46. The number of hydrogen-bond acceptors (Lipinski definition) is 2. The van der Waals surface area contributed by atoms with Gasteiger partial charge in [-0.2, -0.15) is 0 Å². The van der Waals surface area contributed by atoms with Crippen molar-refractivity contribution in [2.45, 2.75) is 12.8 Å². The van der Waals surface area contributed by atoms with Crippen molar-refractivity contribution in [3.8, 4) is 0 Å². The molecule has 0 unspecified atom stereocenters. The van der Waals surface area contributed by atoms with Crippen molar-refractivity contribution in [1.29, 1.82) is 0 Å². The number of carbonyl (C=O) groups excluding carboxylic acids is 1. The Bertz CT molecular complexity index is 195. The molecule has 2 rings (SSSR count). The second-order valence-electron chi connectivity index (χ2n) is 2.39. The molecule has 0 aromatic carbocycles. The highest BCUT2D eigenvalue weighted by Gasteiger charge is 2.25. The molecule has 1 amide bonds. The normalized spacial score (nSPS) is 24.7. The van der Waals surface area contributed by atoms with Gasteiger partial charge in [-0.15, -0.1) is 0 Å². The third-order valence-electron chi connectivity index (χ3n) is 1.88. The van der Waals surface area contributed by atoms with Gasteiger partial charge in [-0.1, -0.05) is 0 Å². The molecule has 48 valence electrons. The van der Waals surface area contributed by atoms with E-state index in [0.29, 0.717) is 0 Å². The molecule has 2 N–H and O–H groups in total. The lowest BCUT2D eigenvalue weighted by Gasteiger charge is -2.28. The minimum atomic E-state index is 0.0718. The monoisotopic (exact) mass is 124 g/mol. The molecule has 0 spiro atoms. The van der Waals surface area contributed by atoms with Gasteiger partial charge < -0.3 is 0 Å². The molecule has 0 aromatic heterocycles. The van der Waals surface area contributed by atoms with E-state index in [9.17, 15) is 4.79 Å². The minimum absolute atomic E-state index is 0.0718. The zero-order valence-corrected chi connectivity index (χ0v) is 5.03. The molecule has 3 nitrogen and oxygen atoms in total. The zero-order chi connectivity index (χ0) is 6.27. The van der Waals surface area contributed by atoms with E-state index in [0.717, 1.165) is 25.0 Å². The van der Waals surface area contributed by atoms with Gasteiger partial charge in [0, 0.05) is 12.1 Å². The fraction of sp³-hybridized carbons (Fsp3) is 0.500. The highest BCUT2D eigenvalue weighted by molar-refractivity contribution is 5.96. The zero-order valence-electron chi connectivity index (χ0n) is 5.03. The molecular weight excluding hydrogens is 116 g/mol. The predicted molar refractivity (Wildman–Crippen MR) is 32.4 cm³/mol. The van der Waals surface area contributed by atoms with E-state index in [1.165, 1.54) is 5.57 Å². The molecular formula is C6H8N2O. The first-order valence-electron chi connectivity index (χ1n) is 3.12. The van der Waals surface area contributed by atoms with Crippen molar-refractivity contribution < 1.29 is 4.79 Å². The molecule has 3 heteroatoms. The Balaban J connectivity index is 2.32. The largest absolute Gasteiger partial charge is 0.287 e. The number of nitrogens with one attached hydrogen (secondary N) is 2. The maximum absolute atomic E-state index is 10.8. The highest BCUT2D eigenvalue weighted by Crippen LogP contribution is 2.28. The Labute approximate surface area is 53.1 Å². The van der Waals surface area contributed by atoms with Crippen LogP contribution in [-0.4, -0.2) is 12.5 Å². The molecule has 0 radical (unpaired) electrons. The number of carbonyl (C=O) groups is 1. The Morgan fingerprint density at radius 2 is 2.22 bits per heavy atom. The van der Waals surface area contributed by atoms with Crippen LogP contribution < -0.4 is 10.9 Å². The van der Waals surface area contributed by atoms with Crippen LogP contribution >= 0.6 is 0 Å². The maximum Gasteiger partial charge on any atom is 0.261 e. The fourth-order valence-electron chi connectivity index (χ4n) is 1.20. The summed E-state index contributed by atoms with van der Waals surface area (Å²) in [7, 11) is 0. The average molecular weight is 124 g/mol. The number of rotatable bonds is 0. The lowest BCUT2D eigenvalue weighted by molar-refractivity contribution is -0.119. The van der Waals surface area contributed by atoms with E-state index in [2.05, 4.69) is 10.9 Å². The summed E-state index contributed by atoms with van der Waals surface area (Å²) >= 11 is 0. The van der Waals surface area contributed by atoms with Gasteiger partial charge in [0.1, 0.15) is 0 Å². The van der Waals surface area contributed by atoms with Gasteiger partial charge in [-0.05, 0) is 18.4 Å². The lowest BCUT2D eigenvalue weighted by atomic mass is 9.87. The highest BCUT2D eigenvalue weighted by atomic mass is 16.2. The second kappa shape index (κ2) is 1.57. The van der Waals surface area contributed by atoms with Crippen LogP contribution in [0.15, 0.2) is 11.1 Å². The van der Waals surface area contributed by atoms with Crippen LogP contribution in [0.25, 0.3) is 0 Å². The van der Waals surface area contributed by atoms with Gasteiger partial charge in [0.2, 0.25) is 0 Å². The number of hydrazine groups is 1. The van der Waals surface area contributed by atoms with E-state index in [1.54, 1.807) is 0 Å². The van der Waals surface area contributed by atoms with Crippen molar-refractivity contribution in [3.63, 3.8) is 0 Å². The first-order chi connectivity index (χ1) is 4.38. The smallest absolute Gasteiger partial charge is 0.261 e. The molecule has 9 heavy (non-hydrogen) atoms. The fourth-order valence-corrected chi connectivity index (χ4v) is 1.20. The molecule has 1 aliphatic heterocycles. The maximum atomic E-state index is 10.8. The third kappa shape index (κ3) is 0.580. The van der Waals surface area contributed by atoms with Crippen LogP contribution in [-0.2, 0) is 4.79 Å². The Kier molecular flexibility index (Phi) is 0.873. The van der Waals surface area contributed by atoms with E-state index in [4.69, 9.17) is 0 Å². The van der Waals surface area contributed by atoms with Crippen LogP contribution in [0, 0.1) is 0 Å². The summed E-state index contributed by atoms with van der Waals surface area (Å²) in [6.07, 6.45) is 2.08. The van der Waals surface area contributed by atoms with Crippen LogP contribution in [0.5, 0.6) is 0 Å². The van der Waals surface area contributed by atoms with Crippen molar-refractivity contribution in [2.24, 2.45) is 0 Å². The molecule has 0 bridgehead atoms. The number of hydrogen-bond donors (Lipinski definition) is 2. The van der Waals surface area contributed by atoms with Crippen molar-refractivity contribution >= 4 is 5.91 Å². The van der Waals surface area contributed by atoms with E-state index in [1.807, 2.05) is 0 Å². The van der Waals surface area contributed by atoms with Crippen LogP contribution in [0.3, 0.4) is 0 Å². The van der Waals surface area contributed by atoms with Gasteiger partial charge in [0.05, 0.1) is 0 Å². The topological polar surface area (TPSA) is 41.1 Å². The standard InChI is InChI=1S/C6H8N2O/c9-6-5-2-1-4(5)3-7-8-6/h7H,1-3H2,(H,8,9). The van der Waals surface area contributed by atoms with Crippen LogP contribution in [0.2, 0.25) is 0 Å². The Hall–Kier alpha value is -0.830. The van der Waals surface area contributed by atoms with Gasteiger partial charge >= 0.3 is 0 Å².